The molecule has 1 aliphatic rings. The maximum atomic E-state index is 11.8. The maximum Gasteiger partial charge on any atom is 0.219 e. The number of carbonyl (C=O) groups is 2. The van der Waals surface area contributed by atoms with Gasteiger partial charge >= 0.3 is 0 Å². The molecule has 0 unspecified atom stereocenters. The van der Waals surface area contributed by atoms with Crippen molar-refractivity contribution in [3.05, 3.63) is 28.2 Å². The molecule has 0 N–H and O–H groups in total. The summed E-state index contributed by atoms with van der Waals surface area (Å²) in [6.45, 7) is 6.33. The van der Waals surface area contributed by atoms with Gasteiger partial charge in [0.25, 0.3) is 0 Å². The number of rotatable bonds is 2. The SMILES string of the molecule is CC(=O)c1cc(Br)ccc1N1CCCN(C(C)=O)CC1. The molecular formula is C15H19BrN2O2. The summed E-state index contributed by atoms with van der Waals surface area (Å²) < 4.78 is 0.909. The Morgan fingerprint density at radius 2 is 1.85 bits per heavy atom. The van der Waals surface area contributed by atoms with Gasteiger partial charge in [0.2, 0.25) is 5.91 Å². The lowest BCUT2D eigenvalue weighted by Gasteiger charge is -2.25. The molecule has 108 valence electrons. The molecule has 0 aliphatic carbocycles. The molecule has 0 atom stereocenters. The highest BCUT2D eigenvalue weighted by atomic mass is 79.9. The van der Waals surface area contributed by atoms with Crippen LogP contribution < -0.4 is 4.90 Å². The lowest BCUT2D eigenvalue weighted by Crippen LogP contribution is -2.34. The van der Waals surface area contributed by atoms with Crippen molar-refractivity contribution in [1.29, 1.82) is 0 Å². The normalized spacial score (nSPS) is 15.9. The zero-order valence-corrected chi connectivity index (χ0v) is 13.4. The summed E-state index contributed by atoms with van der Waals surface area (Å²) in [6.07, 6.45) is 0.924. The van der Waals surface area contributed by atoms with Crippen LogP contribution in [0.2, 0.25) is 0 Å². The van der Waals surface area contributed by atoms with Crippen molar-refractivity contribution < 1.29 is 9.59 Å². The first-order chi connectivity index (χ1) is 9.49. The Bertz CT molecular complexity index is 531. The summed E-state index contributed by atoms with van der Waals surface area (Å²) in [7, 11) is 0. The molecule has 0 spiro atoms. The van der Waals surface area contributed by atoms with E-state index in [9.17, 15) is 9.59 Å². The van der Waals surface area contributed by atoms with Crippen LogP contribution in [-0.4, -0.2) is 42.8 Å². The van der Waals surface area contributed by atoms with Gasteiger partial charge in [0.1, 0.15) is 0 Å². The predicted molar refractivity (Wildman–Crippen MR) is 83.2 cm³/mol. The van der Waals surface area contributed by atoms with E-state index in [1.54, 1.807) is 13.8 Å². The van der Waals surface area contributed by atoms with Gasteiger partial charge in [-0.3, -0.25) is 9.59 Å². The van der Waals surface area contributed by atoms with Crippen molar-refractivity contribution in [1.82, 2.24) is 4.90 Å². The van der Waals surface area contributed by atoms with E-state index in [2.05, 4.69) is 20.8 Å². The van der Waals surface area contributed by atoms with E-state index in [1.165, 1.54) is 0 Å². The summed E-state index contributed by atoms with van der Waals surface area (Å²) in [4.78, 5) is 27.3. The van der Waals surface area contributed by atoms with Crippen molar-refractivity contribution in [3.8, 4) is 0 Å². The molecule has 4 nitrogen and oxygen atoms in total. The van der Waals surface area contributed by atoms with Crippen LogP contribution in [0, 0.1) is 0 Å². The van der Waals surface area contributed by atoms with Gasteiger partial charge in [-0.05, 0) is 31.5 Å². The molecule has 1 aromatic carbocycles. The number of nitrogens with zero attached hydrogens (tertiary/aromatic N) is 2. The van der Waals surface area contributed by atoms with Crippen LogP contribution in [0.5, 0.6) is 0 Å². The first-order valence-corrected chi connectivity index (χ1v) is 7.59. The van der Waals surface area contributed by atoms with Crippen molar-refractivity contribution >= 4 is 33.3 Å². The van der Waals surface area contributed by atoms with Crippen LogP contribution in [0.25, 0.3) is 0 Å². The van der Waals surface area contributed by atoms with Gasteiger partial charge in [-0.2, -0.15) is 0 Å². The number of Topliss-reactive ketones (excluding diaryl/α,β-unsaturated/α-hetero) is 1. The molecule has 5 heteroatoms. The van der Waals surface area contributed by atoms with Crippen LogP contribution in [0.3, 0.4) is 0 Å². The van der Waals surface area contributed by atoms with Gasteiger partial charge < -0.3 is 9.80 Å². The number of amides is 1. The van der Waals surface area contributed by atoms with E-state index >= 15 is 0 Å². The standard InChI is InChI=1S/C15H19BrN2O2/c1-11(19)14-10-13(16)4-5-15(14)18-7-3-6-17(8-9-18)12(2)20/h4-5,10H,3,6-9H2,1-2H3. The molecular weight excluding hydrogens is 320 g/mol. The average molecular weight is 339 g/mol. The Morgan fingerprint density at radius 3 is 2.50 bits per heavy atom. The molecule has 1 saturated heterocycles. The molecule has 2 rings (SSSR count). The summed E-state index contributed by atoms with van der Waals surface area (Å²) in [6, 6.07) is 5.80. The molecule has 1 fully saturated rings. The minimum Gasteiger partial charge on any atom is -0.369 e. The largest absolute Gasteiger partial charge is 0.369 e. The van der Waals surface area contributed by atoms with Crippen molar-refractivity contribution in [2.24, 2.45) is 0 Å². The fourth-order valence-corrected chi connectivity index (χ4v) is 2.90. The highest BCUT2D eigenvalue weighted by molar-refractivity contribution is 9.10. The first kappa shape index (κ1) is 15.0. The van der Waals surface area contributed by atoms with E-state index in [1.807, 2.05) is 23.1 Å². The highest BCUT2D eigenvalue weighted by Crippen LogP contribution is 2.26. The van der Waals surface area contributed by atoms with E-state index in [-0.39, 0.29) is 11.7 Å². The molecule has 20 heavy (non-hydrogen) atoms. The molecule has 1 amide bonds. The van der Waals surface area contributed by atoms with Gasteiger partial charge in [0.15, 0.2) is 5.78 Å². The lowest BCUT2D eigenvalue weighted by atomic mass is 10.1. The maximum absolute atomic E-state index is 11.8. The Morgan fingerprint density at radius 1 is 1.10 bits per heavy atom. The third-order valence-corrected chi connectivity index (χ3v) is 4.11. The molecule has 0 radical (unpaired) electrons. The zero-order chi connectivity index (χ0) is 14.7. The van der Waals surface area contributed by atoms with E-state index in [0.29, 0.717) is 6.54 Å². The number of halogens is 1. The van der Waals surface area contributed by atoms with Crippen molar-refractivity contribution in [2.75, 3.05) is 31.1 Å². The highest BCUT2D eigenvalue weighted by Gasteiger charge is 2.19. The third-order valence-electron chi connectivity index (χ3n) is 3.62. The van der Waals surface area contributed by atoms with Crippen LogP contribution in [0.1, 0.15) is 30.6 Å². The van der Waals surface area contributed by atoms with Crippen LogP contribution in [0.15, 0.2) is 22.7 Å². The number of ketones is 1. The van der Waals surface area contributed by atoms with Gasteiger partial charge in [0, 0.05) is 48.8 Å². The number of anilines is 1. The van der Waals surface area contributed by atoms with Crippen molar-refractivity contribution in [2.45, 2.75) is 20.3 Å². The summed E-state index contributed by atoms with van der Waals surface area (Å²) in [5, 5.41) is 0. The van der Waals surface area contributed by atoms with Gasteiger partial charge in [-0.1, -0.05) is 15.9 Å². The minimum absolute atomic E-state index is 0.0639. The molecule has 1 heterocycles. The van der Waals surface area contributed by atoms with Crippen LogP contribution in [-0.2, 0) is 4.79 Å². The Labute approximate surface area is 127 Å². The van der Waals surface area contributed by atoms with Gasteiger partial charge in [-0.15, -0.1) is 0 Å². The Hall–Kier alpha value is -1.36. The van der Waals surface area contributed by atoms with Gasteiger partial charge in [-0.25, -0.2) is 0 Å². The Kier molecular flexibility index (Phi) is 4.81. The molecule has 1 aliphatic heterocycles. The number of hydrogen-bond acceptors (Lipinski definition) is 3. The summed E-state index contributed by atoms with van der Waals surface area (Å²) in [5.74, 6) is 0.184. The van der Waals surface area contributed by atoms with E-state index in [0.717, 1.165) is 41.8 Å². The third kappa shape index (κ3) is 3.39. The fourth-order valence-electron chi connectivity index (χ4n) is 2.54. The summed E-state index contributed by atoms with van der Waals surface area (Å²) in [5.41, 5.74) is 1.70. The predicted octanol–water partition coefficient (Wildman–Crippen LogP) is 2.71. The number of benzene rings is 1. The summed E-state index contributed by atoms with van der Waals surface area (Å²) >= 11 is 3.41. The number of carbonyl (C=O) groups excluding carboxylic acids is 2. The zero-order valence-electron chi connectivity index (χ0n) is 11.9. The first-order valence-electron chi connectivity index (χ1n) is 6.80. The molecule has 0 aromatic heterocycles. The van der Waals surface area contributed by atoms with E-state index < -0.39 is 0 Å². The van der Waals surface area contributed by atoms with Crippen LogP contribution in [0.4, 0.5) is 5.69 Å². The van der Waals surface area contributed by atoms with Crippen molar-refractivity contribution in [3.63, 3.8) is 0 Å². The smallest absolute Gasteiger partial charge is 0.219 e. The topological polar surface area (TPSA) is 40.6 Å². The average Bonchev–Trinajstić information content (AvgIpc) is 2.64. The second kappa shape index (κ2) is 6.39. The minimum atomic E-state index is 0.0639. The second-order valence-electron chi connectivity index (χ2n) is 5.06. The molecule has 1 aromatic rings. The monoisotopic (exact) mass is 338 g/mol. The second-order valence-corrected chi connectivity index (χ2v) is 5.98. The number of hydrogen-bond donors (Lipinski definition) is 0. The molecule has 0 saturated carbocycles. The van der Waals surface area contributed by atoms with Gasteiger partial charge in [0.05, 0.1) is 0 Å². The lowest BCUT2D eigenvalue weighted by molar-refractivity contribution is -0.128. The van der Waals surface area contributed by atoms with E-state index in [4.69, 9.17) is 0 Å². The fraction of sp³-hybridized carbons (Fsp3) is 0.467. The Balaban J connectivity index is 2.23. The molecule has 0 bridgehead atoms. The quantitative estimate of drug-likeness (QED) is 0.778. The van der Waals surface area contributed by atoms with Crippen LogP contribution >= 0.6 is 15.9 Å².